The number of aromatic amines is 1. The Labute approximate surface area is 244 Å². The minimum absolute atomic E-state index is 0.265. The van der Waals surface area contributed by atoms with Crippen molar-refractivity contribution in [2.24, 2.45) is 5.92 Å². The van der Waals surface area contributed by atoms with Gasteiger partial charge in [0.1, 0.15) is 11.4 Å². The van der Waals surface area contributed by atoms with Crippen LogP contribution in [0.1, 0.15) is 112 Å². The zero-order chi connectivity index (χ0) is 30.4. The predicted octanol–water partition coefficient (Wildman–Crippen LogP) is 11.4. The van der Waals surface area contributed by atoms with E-state index in [0.717, 1.165) is 39.8 Å². The average Bonchev–Trinajstić information content (AvgIpc) is 3.27. The Morgan fingerprint density at radius 2 is 1.54 bits per heavy atom. The quantitative estimate of drug-likeness (QED) is 0.125. The van der Waals surface area contributed by atoms with Crippen molar-refractivity contribution in [3.63, 3.8) is 0 Å². The second-order valence-corrected chi connectivity index (χ2v) is 10.7. The number of rotatable bonds is 11. The molecule has 220 valence electrons. The van der Waals surface area contributed by atoms with Crippen molar-refractivity contribution in [1.29, 1.82) is 0 Å². The lowest BCUT2D eigenvalue weighted by molar-refractivity contribution is 0.474. The molecular formula is C34H57N3OS. The maximum atomic E-state index is 10.2. The Balaban J connectivity index is 0. The molecule has 0 aromatic carbocycles. The van der Waals surface area contributed by atoms with Crippen molar-refractivity contribution in [2.75, 3.05) is 0 Å². The normalized spacial score (nSPS) is 11.1. The first-order chi connectivity index (χ1) is 18.5. The highest BCUT2D eigenvalue weighted by Gasteiger charge is 2.15. The molecule has 2 N–H and O–H groups in total. The first-order valence-corrected chi connectivity index (χ1v) is 15.3. The van der Waals surface area contributed by atoms with E-state index in [-0.39, 0.29) is 5.75 Å². The molecule has 0 amide bonds. The number of aryl methyl sites for hydroxylation is 2. The summed E-state index contributed by atoms with van der Waals surface area (Å²) in [6.07, 6.45) is 16.3. The molecule has 0 saturated heterocycles. The lowest BCUT2D eigenvalue weighted by Gasteiger charge is -2.05. The summed E-state index contributed by atoms with van der Waals surface area (Å²) in [4.78, 5) is 13.3. The largest absolute Gasteiger partial charge is 0.505 e. The number of aromatic hydroxyl groups is 1. The third-order valence-electron chi connectivity index (χ3n) is 6.26. The van der Waals surface area contributed by atoms with E-state index in [1.165, 1.54) is 50.3 Å². The van der Waals surface area contributed by atoms with Crippen LogP contribution in [0.15, 0.2) is 65.2 Å². The number of hydrogen-bond donors (Lipinski definition) is 2. The van der Waals surface area contributed by atoms with Crippen LogP contribution in [0, 0.1) is 12.8 Å². The van der Waals surface area contributed by atoms with E-state index in [2.05, 4.69) is 75.4 Å². The summed E-state index contributed by atoms with van der Waals surface area (Å²) in [7, 11) is 0. The maximum Gasteiger partial charge on any atom is 0.194 e. The monoisotopic (exact) mass is 555 g/mol. The number of hydrogen-bond acceptors (Lipinski definition) is 4. The van der Waals surface area contributed by atoms with Gasteiger partial charge in [0.05, 0.1) is 16.8 Å². The SMILES string of the molecule is C=C(C)/C(C)=C\C(=C/C)Sc1nc(C)c2c(O)c(CC)[nH]c2n1.C=CC=C.CCC(C)CC.CCCCCC. The summed E-state index contributed by atoms with van der Waals surface area (Å²) in [5, 5.41) is 11.6. The highest BCUT2D eigenvalue weighted by Crippen LogP contribution is 2.33. The second-order valence-electron chi connectivity index (χ2n) is 9.62. The summed E-state index contributed by atoms with van der Waals surface area (Å²) in [6.45, 7) is 31.8. The van der Waals surface area contributed by atoms with Crippen LogP contribution in [-0.4, -0.2) is 20.1 Å². The van der Waals surface area contributed by atoms with Gasteiger partial charge in [-0.25, -0.2) is 9.97 Å². The third-order valence-corrected chi connectivity index (χ3v) is 7.21. The molecule has 2 aromatic heterocycles. The van der Waals surface area contributed by atoms with Crippen LogP contribution in [0.25, 0.3) is 11.0 Å². The summed E-state index contributed by atoms with van der Waals surface area (Å²) in [6, 6.07) is 0. The minimum atomic E-state index is 0.265. The van der Waals surface area contributed by atoms with Crippen molar-refractivity contribution < 1.29 is 5.11 Å². The van der Waals surface area contributed by atoms with Crippen LogP contribution in [0.4, 0.5) is 0 Å². The van der Waals surface area contributed by atoms with Crippen LogP contribution < -0.4 is 0 Å². The lowest BCUT2D eigenvalue weighted by Crippen LogP contribution is -1.92. The smallest absolute Gasteiger partial charge is 0.194 e. The van der Waals surface area contributed by atoms with E-state index < -0.39 is 0 Å². The lowest BCUT2D eigenvalue weighted by atomic mass is 10.1. The fraction of sp³-hybridized carbons (Fsp3) is 0.529. The molecular weight excluding hydrogens is 498 g/mol. The molecule has 0 aliphatic heterocycles. The molecule has 0 unspecified atom stereocenters. The number of allylic oxidation sites excluding steroid dienone is 6. The van der Waals surface area contributed by atoms with Crippen LogP contribution in [0.5, 0.6) is 5.75 Å². The zero-order valence-electron chi connectivity index (χ0n) is 26.7. The number of nitrogens with zero attached hydrogens (tertiary/aromatic N) is 2. The second kappa shape index (κ2) is 23.4. The van der Waals surface area contributed by atoms with Gasteiger partial charge < -0.3 is 10.1 Å². The molecule has 2 rings (SSSR count). The molecule has 0 aliphatic carbocycles. The highest BCUT2D eigenvalue weighted by molar-refractivity contribution is 8.03. The van der Waals surface area contributed by atoms with E-state index in [4.69, 9.17) is 0 Å². The molecule has 2 aromatic rings. The van der Waals surface area contributed by atoms with Gasteiger partial charge in [0.15, 0.2) is 5.16 Å². The van der Waals surface area contributed by atoms with Gasteiger partial charge in [-0.2, -0.15) is 0 Å². The van der Waals surface area contributed by atoms with E-state index >= 15 is 0 Å². The maximum absolute atomic E-state index is 10.2. The Kier molecular flexibility index (Phi) is 23.1. The average molecular weight is 556 g/mol. The van der Waals surface area contributed by atoms with Crippen molar-refractivity contribution >= 4 is 22.8 Å². The van der Waals surface area contributed by atoms with E-state index in [9.17, 15) is 5.11 Å². The molecule has 4 nitrogen and oxygen atoms in total. The number of aromatic nitrogens is 3. The molecule has 39 heavy (non-hydrogen) atoms. The zero-order valence-corrected chi connectivity index (χ0v) is 27.5. The number of thioether (sulfide) groups is 1. The Morgan fingerprint density at radius 3 is 1.90 bits per heavy atom. The van der Waals surface area contributed by atoms with Crippen molar-refractivity contribution in [3.05, 3.63) is 71.5 Å². The van der Waals surface area contributed by atoms with Gasteiger partial charge in [0.2, 0.25) is 0 Å². The molecule has 0 fully saturated rings. The number of nitrogens with one attached hydrogen (secondary N) is 1. The summed E-state index contributed by atoms with van der Waals surface area (Å²) in [5.74, 6) is 1.20. The van der Waals surface area contributed by atoms with E-state index in [1.807, 2.05) is 40.7 Å². The number of H-pyrrole nitrogens is 1. The first-order valence-electron chi connectivity index (χ1n) is 14.5. The molecule has 0 aliphatic rings. The molecule has 0 atom stereocenters. The fourth-order valence-corrected chi connectivity index (χ4v) is 3.86. The summed E-state index contributed by atoms with van der Waals surface area (Å²) >= 11 is 1.51. The van der Waals surface area contributed by atoms with Crippen LogP contribution >= 0.6 is 11.8 Å². The molecule has 2 heterocycles. The van der Waals surface area contributed by atoms with Crippen molar-refractivity contribution in [3.8, 4) is 5.75 Å². The topological polar surface area (TPSA) is 61.8 Å². The van der Waals surface area contributed by atoms with Crippen LogP contribution in [0.3, 0.4) is 0 Å². The molecule has 0 saturated carbocycles. The standard InChI is InChI=1S/C18H23N3OS.2C6H14.C4H6/c1-7-13(9-11(5)10(3)4)23-18-19-12(6)15-16(22)14(8-2)20-17(15)21-18;1-4-6(3)5-2;1-3-5-6-4-2;1-3-4-2/h7,9,22H,3,8H2,1-2,4-6H3,(H,19,20,21);6H,4-5H2,1-3H3;3-6H2,1-2H3;3-4H,1-2H2/b11-9-,13-7+;;;. The van der Waals surface area contributed by atoms with Crippen molar-refractivity contribution in [2.45, 2.75) is 119 Å². The summed E-state index contributed by atoms with van der Waals surface area (Å²) in [5.41, 5.74) is 4.44. The highest BCUT2D eigenvalue weighted by atomic mass is 32.2. The molecule has 0 radical (unpaired) electrons. The molecule has 0 bridgehead atoms. The molecule has 5 heteroatoms. The van der Waals surface area contributed by atoms with Gasteiger partial charge in [-0.1, -0.05) is 135 Å². The van der Waals surface area contributed by atoms with Crippen molar-refractivity contribution in [1.82, 2.24) is 15.0 Å². The van der Waals surface area contributed by atoms with Gasteiger partial charge in [-0.3, -0.25) is 0 Å². The van der Waals surface area contributed by atoms with E-state index in [1.54, 1.807) is 12.2 Å². The van der Waals surface area contributed by atoms with Gasteiger partial charge in [0.25, 0.3) is 0 Å². The van der Waals surface area contributed by atoms with Gasteiger partial charge >= 0.3 is 0 Å². The third kappa shape index (κ3) is 16.2. The Bertz CT molecular complexity index is 1030. The number of unbranched alkanes of at least 4 members (excludes halogenated alkanes) is 3. The Hall–Kier alpha value is -2.53. The van der Waals surface area contributed by atoms with Crippen LogP contribution in [-0.2, 0) is 6.42 Å². The number of fused-ring (bicyclic) bond motifs is 1. The predicted molar refractivity (Wildman–Crippen MR) is 178 cm³/mol. The van der Waals surface area contributed by atoms with Gasteiger partial charge in [0, 0.05) is 4.91 Å². The minimum Gasteiger partial charge on any atom is -0.505 e. The van der Waals surface area contributed by atoms with Gasteiger partial charge in [-0.15, -0.1) is 0 Å². The van der Waals surface area contributed by atoms with E-state index in [0.29, 0.717) is 16.2 Å². The Morgan fingerprint density at radius 1 is 1.00 bits per heavy atom. The van der Waals surface area contributed by atoms with Crippen LogP contribution in [0.2, 0.25) is 0 Å². The summed E-state index contributed by atoms with van der Waals surface area (Å²) < 4.78 is 0. The fourth-order valence-electron chi connectivity index (χ4n) is 2.98. The first kappa shape index (κ1) is 38.6. The van der Waals surface area contributed by atoms with Gasteiger partial charge in [-0.05, 0) is 51.7 Å². The molecule has 0 spiro atoms.